The molecule has 2 heterocycles. The van der Waals surface area contributed by atoms with Crippen LogP contribution in [0.5, 0.6) is 0 Å². The lowest BCUT2D eigenvalue weighted by Gasteiger charge is -2.42. The molecule has 1 fully saturated rings. The maximum Gasteiger partial charge on any atom is 0.410 e. The molecule has 1 aliphatic heterocycles. The molecule has 0 unspecified atom stereocenters. The highest BCUT2D eigenvalue weighted by Crippen LogP contribution is 2.39. The maximum absolute atomic E-state index is 13.5. The Balaban J connectivity index is 1.46. The Morgan fingerprint density at radius 2 is 1.56 bits per heavy atom. The van der Waals surface area contributed by atoms with E-state index in [1.807, 2.05) is 72.5 Å². The fourth-order valence-electron chi connectivity index (χ4n) is 4.70. The van der Waals surface area contributed by atoms with Gasteiger partial charge in [0.2, 0.25) is 5.91 Å². The highest BCUT2D eigenvalue weighted by molar-refractivity contribution is 5.94. The summed E-state index contributed by atoms with van der Waals surface area (Å²) < 4.78 is 5.54. The van der Waals surface area contributed by atoms with E-state index in [4.69, 9.17) is 4.74 Å². The second-order valence-corrected chi connectivity index (χ2v) is 8.69. The number of carbonyl (C=O) groups excluding carboxylic acids is 2. The van der Waals surface area contributed by atoms with Crippen LogP contribution in [0, 0.1) is 0 Å². The number of rotatable bonds is 7. The fraction of sp³-hybridized carbons (Fsp3) is 0.321. The van der Waals surface area contributed by atoms with E-state index in [0.29, 0.717) is 38.9 Å². The number of hydrogen-bond donors (Lipinski definition) is 0. The third kappa shape index (κ3) is 5.45. The van der Waals surface area contributed by atoms with E-state index in [1.165, 1.54) is 0 Å². The lowest BCUT2D eigenvalue weighted by Crippen LogP contribution is -2.48. The Kier molecular flexibility index (Phi) is 7.58. The average molecular weight is 458 g/mol. The highest BCUT2D eigenvalue weighted by Gasteiger charge is 2.40. The molecule has 6 nitrogen and oxygen atoms in total. The van der Waals surface area contributed by atoms with Crippen molar-refractivity contribution in [2.24, 2.45) is 0 Å². The summed E-state index contributed by atoms with van der Waals surface area (Å²) in [6.45, 7) is 3.94. The molecule has 1 aliphatic rings. The van der Waals surface area contributed by atoms with Gasteiger partial charge in [0.1, 0.15) is 6.61 Å². The van der Waals surface area contributed by atoms with Crippen LogP contribution in [0.3, 0.4) is 0 Å². The SMILES string of the molecule is CCN(C(=O)CC1(c2ccccc2)CCN(C(=O)OCc2ccccc2)CC1)c1ccncc1. The Labute approximate surface area is 201 Å². The normalized spacial score (nSPS) is 14.9. The van der Waals surface area contributed by atoms with Gasteiger partial charge in [-0.25, -0.2) is 4.79 Å². The molecule has 1 aromatic heterocycles. The number of amides is 2. The van der Waals surface area contributed by atoms with Gasteiger partial charge in [0, 0.05) is 49.6 Å². The van der Waals surface area contributed by atoms with E-state index < -0.39 is 0 Å². The summed E-state index contributed by atoms with van der Waals surface area (Å²) in [7, 11) is 0. The quantitative estimate of drug-likeness (QED) is 0.490. The van der Waals surface area contributed by atoms with Crippen LogP contribution < -0.4 is 4.90 Å². The number of hydrogen-bond acceptors (Lipinski definition) is 4. The van der Waals surface area contributed by atoms with Gasteiger partial charge in [-0.15, -0.1) is 0 Å². The molecular weight excluding hydrogens is 426 g/mol. The predicted octanol–water partition coefficient (Wildman–Crippen LogP) is 5.20. The molecule has 0 aliphatic carbocycles. The van der Waals surface area contributed by atoms with Crippen molar-refractivity contribution in [1.29, 1.82) is 0 Å². The van der Waals surface area contributed by atoms with E-state index in [9.17, 15) is 9.59 Å². The monoisotopic (exact) mass is 457 g/mol. The van der Waals surface area contributed by atoms with Crippen LogP contribution in [-0.4, -0.2) is 41.5 Å². The number of aromatic nitrogens is 1. The van der Waals surface area contributed by atoms with Crippen LogP contribution >= 0.6 is 0 Å². The van der Waals surface area contributed by atoms with E-state index in [2.05, 4.69) is 17.1 Å². The van der Waals surface area contributed by atoms with Gasteiger partial charge in [0.05, 0.1) is 0 Å². The average Bonchev–Trinajstić information content (AvgIpc) is 2.90. The first-order valence-electron chi connectivity index (χ1n) is 11.8. The number of carbonyl (C=O) groups is 2. The summed E-state index contributed by atoms with van der Waals surface area (Å²) in [5.41, 5.74) is 2.64. The zero-order valence-electron chi connectivity index (χ0n) is 19.6. The van der Waals surface area contributed by atoms with Crippen molar-refractivity contribution in [2.75, 3.05) is 24.5 Å². The van der Waals surface area contributed by atoms with Gasteiger partial charge in [0.15, 0.2) is 0 Å². The van der Waals surface area contributed by atoms with Crippen molar-refractivity contribution in [3.8, 4) is 0 Å². The van der Waals surface area contributed by atoms with Crippen LogP contribution in [0.4, 0.5) is 10.5 Å². The van der Waals surface area contributed by atoms with Gasteiger partial charge in [0.25, 0.3) is 0 Å². The van der Waals surface area contributed by atoms with Crippen LogP contribution in [0.2, 0.25) is 0 Å². The summed E-state index contributed by atoms with van der Waals surface area (Å²) in [6, 6.07) is 23.6. The number of anilines is 1. The third-order valence-corrected chi connectivity index (χ3v) is 6.65. The molecule has 0 atom stereocenters. The molecule has 34 heavy (non-hydrogen) atoms. The Morgan fingerprint density at radius 3 is 2.18 bits per heavy atom. The minimum absolute atomic E-state index is 0.0812. The number of pyridine rings is 1. The second-order valence-electron chi connectivity index (χ2n) is 8.69. The Hall–Kier alpha value is -3.67. The molecule has 2 amide bonds. The van der Waals surface area contributed by atoms with Crippen molar-refractivity contribution in [1.82, 2.24) is 9.88 Å². The summed E-state index contributed by atoms with van der Waals surface area (Å²) in [5.74, 6) is 0.0812. The van der Waals surface area contributed by atoms with E-state index in [-0.39, 0.29) is 24.0 Å². The minimum atomic E-state index is -0.324. The maximum atomic E-state index is 13.5. The molecule has 3 aromatic rings. The summed E-state index contributed by atoms with van der Waals surface area (Å²) in [4.78, 5) is 33.8. The number of likely N-dealkylation sites (tertiary alicyclic amines) is 1. The zero-order valence-corrected chi connectivity index (χ0v) is 19.6. The van der Waals surface area contributed by atoms with Crippen molar-refractivity contribution in [3.63, 3.8) is 0 Å². The van der Waals surface area contributed by atoms with Crippen LogP contribution in [0.1, 0.15) is 37.3 Å². The van der Waals surface area contributed by atoms with Gasteiger partial charge in [-0.1, -0.05) is 60.7 Å². The first-order chi connectivity index (χ1) is 16.6. The minimum Gasteiger partial charge on any atom is -0.445 e. The molecule has 0 radical (unpaired) electrons. The molecule has 176 valence electrons. The van der Waals surface area contributed by atoms with E-state index >= 15 is 0 Å². The summed E-state index contributed by atoms with van der Waals surface area (Å²) in [5, 5.41) is 0. The molecule has 0 N–H and O–H groups in total. The van der Waals surface area contributed by atoms with Gasteiger partial charge in [-0.3, -0.25) is 9.78 Å². The lowest BCUT2D eigenvalue weighted by atomic mass is 9.70. The molecule has 0 spiro atoms. The molecular formula is C28H31N3O3. The number of ether oxygens (including phenoxy) is 1. The second kappa shape index (κ2) is 11.0. The number of nitrogens with zero attached hydrogens (tertiary/aromatic N) is 3. The lowest BCUT2D eigenvalue weighted by molar-refractivity contribution is -0.120. The van der Waals surface area contributed by atoms with E-state index in [1.54, 1.807) is 17.3 Å². The number of benzene rings is 2. The van der Waals surface area contributed by atoms with Gasteiger partial charge in [-0.2, -0.15) is 0 Å². The topological polar surface area (TPSA) is 62.7 Å². The van der Waals surface area contributed by atoms with Gasteiger partial charge < -0.3 is 14.5 Å². The van der Waals surface area contributed by atoms with Gasteiger partial charge in [-0.05, 0) is 43.0 Å². The molecule has 2 aromatic carbocycles. The van der Waals surface area contributed by atoms with Crippen LogP contribution in [0.25, 0.3) is 0 Å². The Bertz CT molecular complexity index is 1070. The predicted molar refractivity (Wildman–Crippen MR) is 132 cm³/mol. The largest absolute Gasteiger partial charge is 0.445 e. The Morgan fingerprint density at radius 1 is 0.941 bits per heavy atom. The smallest absolute Gasteiger partial charge is 0.410 e. The zero-order chi connectivity index (χ0) is 23.8. The summed E-state index contributed by atoms with van der Waals surface area (Å²) >= 11 is 0. The standard InChI is InChI=1S/C28H31N3O3/c1-2-31(25-13-17-29-18-14-25)26(32)21-28(24-11-7-4-8-12-24)15-19-30(20-16-28)27(33)34-22-23-9-5-3-6-10-23/h3-14,17-18H,2,15-16,19-22H2,1H3. The molecule has 4 rings (SSSR count). The van der Waals surface area contributed by atoms with Gasteiger partial charge >= 0.3 is 6.09 Å². The van der Waals surface area contributed by atoms with Crippen molar-refractivity contribution in [3.05, 3.63) is 96.3 Å². The molecule has 0 saturated carbocycles. The molecule has 1 saturated heterocycles. The molecule has 6 heteroatoms. The van der Waals surface area contributed by atoms with E-state index in [0.717, 1.165) is 16.8 Å². The van der Waals surface area contributed by atoms with Crippen molar-refractivity contribution in [2.45, 2.75) is 38.2 Å². The van der Waals surface area contributed by atoms with Crippen molar-refractivity contribution < 1.29 is 14.3 Å². The number of piperidine rings is 1. The van der Waals surface area contributed by atoms with Crippen molar-refractivity contribution >= 4 is 17.7 Å². The first-order valence-corrected chi connectivity index (χ1v) is 11.8. The fourth-order valence-corrected chi connectivity index (χ4v) is 4.70. The third-order valence-electron chi connectivity index (χ3n) is 6.65. The summed E-state index contributed by atoms with van der Waals surface area (Å²) in [6.07, 6.45) is 4.91. The van der Waals surface area contributed by atoms with Crippen LogP contribution in [0.15, 0.2) is 85.2 Å². The highest BCUT2D eigenvalue weighted by atomic mass is 16.6. The van der Waals surface area contributed by atoms with Crippen LogP contribution in [-0.2, 0) is 21.6 Å². The molecule has 0 bridgehead atoms. The first kappa shape index (κ1) is 23.5.